The van der Waals surface area contributed by atoms with Gasteiger partial charge in [0, 0.05) is 5.39 Å². The van der Waals surface area contributed by atoms with Crippen molar-refractivity contribution in [1.82, 2.24) is 4.98 Å². The van der Waals surface area contributed by atoms with E-state index in [4.69, 9.17) is 17.3 Å². The van der Waals surface area contributed by atoms with Crippen LogP contribution in [0.3, 0.4) is 0 Å². The molecule has 0 aliphatic heterocycles. The van der Waals surface area contributed by atoms with E-state index in [0.717, 1.165) is 16.5 Å². The maximum absolute atomic E-state index is 6.11. The monoisotopic (exact) mass is 234 g/mol. The zero-order valence-corrected chi connectivity index (χ0v) is 10.5. The van der Waals surface area contributed by atoms with Crippen molar-refractivity contribution in [1.29, 1.82) is 0 Å². The minimum Gasteiger partial charge on any atom is -0.383 e. The van der Waals surface area contributed by atoms with E-state index >= 15 is 0 Å². The van der Waals surface area contributed by atoms with Gasteiger partial charge in [0.2, 0.25) is 0 Å². The van der Waals surface area contributed by atoms with E-state index in [1.54, 1.807) is 0 Å². The third kappa shape index (κ3) is 1.74. The van der Waals surface area contributed by atoms with Crippen LogP contribution in [0.15, 0.2) is 18.2 Å². The molecule has 1 aromatic heterocycles. The van der Waals surface area contributed by atoms with Gasteiger partial charge in [-0.3, -0.25) is 0 Å². The molecular weight excluding hydrogens is 220 g/mol. The highest BCUT2D eigenvalue weighted by molar-refractivity contribution is 6.35. The van der Waals surface area contributed by atoms with Crippen LogP contribution in [0.2, 0.25) is 5.02 Å². The molecule has 16 heavy (non-hydrogen) atoms. The molecule has 3 heteroatoms. The molecule has 2 rings (SSSR count). The summed E-state index contributed by atoms with van der Waals surface area (Å²) in [6.07, 6.45) is 0. The Balaban J connectivity index is 2.84. The summed E-state index contributed by atoms with van der Waals surface area (Å²) in [5.74, 6) is 0.949. The summed E-state index contributed by atoms with van der Waals surface area (Å²) < 4.78 is 0. The third-order valence-corrected chi connectivity index (χ3v) is 3.14. The number of halogens is 1. The van der Waals surface area contributed by atoms with Gasteiger partial charge in [-0.2, -0.15) is 0 Å². The van der Waals surface area contributed by atoms with Gasteiger partial charge in [0.15, 0.2) is 0 Å². The maximum atomic E-state index is 6.11. The number of aryl methyl sites for hydroxylation is 1. The van der Waals surface area contributed by atoms with Gasteiger partial charge < -0.3 is 5.73 Å². The number of hydrogen-bond donors (Lipinski definition) is 1. The lowest BCUT2D eigenvalue weighted by atomic mass is 10.00. The van der Waals surface area contributed by atoms with E-state index in [1.807, 2.05) is 12.1 Å². The number of fused-ring (bicyclic) bond motifs is 1. The van der Waals surface area contributed by atoms with Crippen LogP contribution >= 0.6 is 11.6 Å². The smallest absolute Gasteiger partial charge is 0.127 e. The molecule has 0 atom stereocenters. The first-order chi connectivity index (χ1) is 7.50. The van der Waals surface area contributed by atoms with Gasteiger partial charge in [0.05, 0.1) is 10.5 Å². The molecule has 0 unspecified atom stereocenters. The van der Waals surface area contributed by atoms with Crippen molar-refractivity contribution in [3.63, 3.8) is 0 Å². The lowest BCUT2D eigenvalue weighted by Gasteiger charge is -2.12. The number of pyridine rings is 1. The van der Waals surface area contributed by atoms with Crippen LogP contribution < -0.4 is 5.73 Å². The van der Waals surface area contributed by atoms with Gasteiger partial charge in [-0.25, -0.2) is 4.98 Å². The number of nitrogen functional groups attached to an aromatic ring is 1. The number of nitrogens with two attached hydrogens (primary N) is 1. The van der Waals surface area contributed by atoms with Crippen LogP contribution in [0.25, 0.3) is 10.9 Å². The van der Waals surface area contributed by atoms with Gasteiger partial charge >= 0.3 is 0 Å². The van der Waals surface area contributed by atoms with Crippen LogP contribution in [0.5, 0.6) is 0 Å². The normalized spacial score (nSPS) is 11.3. The minimum atomic E-state index is 0.371. The highest BCUT2D eigenvalue weighted by Gasteiger charge is 2.10. The van der Waals surface area contributed by atoms with E-state index in [1.165, 1.54) is 5.56 Å². The molecule has 0 amide bonds. The molecule has 0 fully saturated rings. The number of benzene rings is 1. The molecule has 2 aromatic rings. The van der Waals surface area contributed by atoms with Gasteiger partial charge in [0.1, 0.15) is 5.82 Å². The van der Waals surface area contributed by atoms with Gasteiger partial charge in [0.25, 0.3) is 0 Å². The van der Waals surface area contributed by atoms with E-state index in [0.29, 0.717) is 16.8 Å². The number of nitrogens with zero attached hydrogens (tertiary/aromatic N) is 1. The minimum absolute atomic E-state index is 0.371. The van der Waals surface area contributed by atoms with Crippen molar-refractivity contribution in [2.24, 2.45) is 0 Å². The van der Waals surface area contributed by atoms with Crippen molar-refractivity contribution >= 4 is 28.3 Å². The lowest BCUT2D eigenvalue weighted by molar-refractivity contribution is 0.866. The SMILES string of the molecule is Cc1ccc(Cl)c2nc(N)c(C(C)C)cc12. The van der Waals surface area contributed by atoms with Gasteiger partial charge in [-0.05, 0) is 36.1 Å². The number of aromatic nitrogens is 1. The number of hydrogen-bond acceptors (Lipinski definition) is 2. The van der Waals surface area contributed by atoms with Crippen LogP contribution in [-0.4, -0.2) is 4.98 Å². The fourth-order valence-corrected chi connectivity index (χ4v) is 2.06. The van der Waals surface area contributed by atoms with Crippen LogP contribution in [0, 0.1) is 6.92 Å². The number of anilines is 1. The second kappa shape index (κ2) is 3.95. The molecule has 0 spiro atoms. The van der Waals surface area contributed by atoms with Crippen molar-refractivity contribution in [2.45, 2.75) is 26.7 Å². The zero-order valence-electron chi connectivity index (χ0n) is 9.71. The third-order valence-electron chi connectivity index (χ3n) is 2.84. The molecular formula is C13H15ClN2. The Hall–Kier alpha value is -1.28. The Morgan fingerprint density at radius 2 is 2.00 bits per heavy atom. The topological polar surface area (TPSA) is 38.9 Å². The summed E-state index contributed by atoms with van der Waals surface area (Å²) >= 11 is 6.11. The largest absolute Gasteiger partial charge is 0.383 e. The van der Waals surface area contributed by atoms with Crippen LogP contribution in [-0.2, 0) is 0 Å². The lowest BCUT2D eigenvalue weighted by Crippen LogP contribution is -2.00. The predicted molar refractivity (Wildman–Crippen MR) is 70.0 cm³/mol. The fraction of sp³-hybridized carbons (Fsp3) is 0.308. The predicted octanol–water partition coefficient (Wildman–Crippen LogP) is 3.90. The zero-order chi connectivity index (χ0) is 11.9. The van der Waals surface area contributed by atoms with Crippen LogP contribution in [0.4, 0.5) is 5.82 Å². The standard InChI is InChI=1S/C13H15ClN2/c1-7(2)9-6-10-8(3)4-5-11(14)12(10)16-13(9)15/h4-7H,1-3H3,(H2,15,16). The van der Waals surface area contributed by atoms with Crippen molar-refractivity contribution < 1.29 is 0 Å². The van der Waals surface area contributed by atoms with Crippen molar-refractivity contribution in [3.05, 3.63) is 34.3 Å². The second-order valence-corrected chi connectivity index (χ2v) is 4.79. The van der Waals surface area contributed by atoms with E-state index < -0.39 is 0 Å². The first-order valence-electron chi connectivity index (χ1n) is 5.36. The molecule has 1 heterocycles. The Kier molecular flexibility index (Phi) is 2.76. The highest BCUT2D eigenvalue weighted by atomic mass is 35.5. The Bertz CT molecular complexity index is 547. The average Bonchev–Trinajstić information content (AvgIpc) is 2.23. The summed E-state index contributed by atoms with van der Waals surface area (Å²) in [6.45, 7) is 6.28. The van der Waals surface area contributed by atoms with E-state index in [-0.39, 0.29) is 0 Å². The fourth-order valence-electron chi connectivity index (χ4n) is 1.85. The first kappa shape index (κ1) is 11.2. The Morgan fingerprint density at radius 3 is 2.62 bits per heavy atom. The molecule has 0 saturated carbocycles. The molecule has 2 nitrogen and oxygen atoms in total. The molecule has 0 aliphatic carbocycles. The second-order valence-electron chi connectivity index (χ2n) is 4.38. The molecule has 84 valence electrons. The van der Waals surface area contributed by atoms with Gasteiger partial charge in [-0.15, -0.1) is 0 Å². The summed E-state index contributed by atoms with van der Waals surface area (Å²) in [7, 11) is 0. The van der Waals surface area contributed by atoms with E-state index in [2.05, 4.69) is 31.8 Å². The molecule has 0 aliphatic rings. The molecule has 0 saturated heterocycles. The van der Waals surface area contributed by atoms with Gasteiger partial charge in [-0.1, -0.05) is 31.5 Å². The number of rotatable bonds is 1. The average molecular weight is 235 g/mol. The summed E-state index contributed by atoms with van der Waals surface area (Å²) in [4.78, 5) is 4.40. The highest BCUT2D eigenvalue weighted by Crippen LogP contribution is 2.30. The maximum Gasteiger partial charge on any atom is 0.127 e. The van der Waals surface area contributed by atoms with Crippen molar-refractivity contribution in [2.75, 3.05) is 5.73 Å². The quantitative estimate of drug-likeness (QED) is 0.813. The molecule has 2 N–H and O–H groups in total. The molecule has 0 radical (unpaired) electrons. The van der Waals surface area contributed by atoms with Crippen molar-refractivity contribution in [3.8, 4) is 0 Å². The summed E-state index contributed by atoms with van der Waals surface area (Å²) in [6, 6.07) is 5.97. The Morgan fingerprint density at radius 1 is 1.31 bits per heavy atom. The Labute approximate surface area is 100 Å². The summed E-state index contributed by atoms with van der Waals surface area (Å²) in [5.41, 5.74) is 8.99. The molecule has 1 aromatic carbocycles. The summed E-state index contributed by atoms with van der Waals surface area (Å²) in [5, 5.41) is 1.74. The molecule has 0 bridgehead atoms. The first-order valence-corrected chi connectivity index (χ1v) is 5.73. The van der Waals surface area contributed by atoms with Crippen LogP contribution in [0.1, 0.15) is 30.9 Å². The van der Waals surface area contributed by atoms with E-state index in [9.17, 15) is 0 Å².